The normalized spacial score (nSPS) is 15.9. The van der Waals surface area contributed by atoms with E-state index >= 15 is 0 Å². The standard InChI is InChI=1S/C17H18F3N3O2/c1-22-9-11(8-21-22)10-23(14-6-7-14)16(25)15(24)12-2-4-13(5-3-12)17(18,19)20/h2-5,8-9,14-15,24H,6-7,10H2,1H3. The monoisotopic (exact) mass is 353 g/mol. The minimum absolute atomic E-state index is 0.0526. The molecule has 1 amide bonds. The topological polar surface area (TPSA) is 58.4 Å². The number of benzene rings is 1. The Morgan fingerprint density at radius 2 is 2.00 bits per heavy atom. The first-order valence-corrected chi connectivity index (χ1v) is 7.89. The van der Waals surface area contributed by atoms with Crippen molar-refractivity contribution in [2.45, 2.75) is 37.7 Å². The summed E-state index contributed by atoms with van der Waals surface area (Å²) in [7, 11) is 1.77. The molecule has 1 N–H and O–H groups in total. The van der Waals surface area contributed by atoms with Gasteiger partial charge in [0.1, 0.15) is 0 Å². The first-order chi connectivity index (χ1) is 11.8. The van der Waals surface area contributed by atoms with Crippen LogP contribution in [-0.2, 0) is 24.6 Å². The predicted octanol–water partition coefficient (Wildman–Crippen LogP) is 2.66. The number of aliphatic hydroxyl groups excluding tert-OH is 1. The van der Waals surface area contributed by atoms with Crippen molar-refractivity contribution < 1.29 is 23.1 Å². The van der Waals surface area contributed by atoms with Gasteiger partial charge in [0.15, 0.2) is 6.10 Å². The van der Waals surface area contributed by atoms with E-state index < -0.39 is 23.8 Å². The predicted molar refractivity (Wildman–Crippen MR) is 83.2 cm³/mol. The Kier molecular flexibility index (Phi) is 4.55. The Morgan fingerprint density at radius 3 is 2.48 bits per heavy atom. The molecular formula is C17H18F3N3O2. The summed E-state index contributed by atoms with van der Waals surface area (Å²) >= 11 is 0. The summed E-state index contributed by atoms with van der Waals surface area (Å²) in [6.07, 6.45) is -0.800. The fraction of sp³-hybridized carbons (Fsp3) is 0.412. The van der Waals surface area contributed by atoms with Crippen molar-refractivity contribution in [1.29, 1.82) is 0 Å². The van der Waals surface area contributed by atoms with E-state index in [4.69, 9.17) is 0 Å². The fourth-order valence-electron chi connectivity index (χ4n) is 2.68. The number of carbonyl (C=O) groups excluding carboxylic acids is 1. The molecule has 0 radical (unpaired) electrons. The number of carbonyl (C=O) groups is 1. The number of rotatable bonds is 5. The van der Waals surface area contributed by atoms with Crippen LogP contribution in [0.5, 0.6) is 0 Å². The molecule has 1 heterocycles. The largest absolute Gasteiger partial charge is 0.416 e. The molecule has 1 unspecified atom stereocenters. The summed E-state index contributed by atoms with van der Waals surface area (Å²) in [4.78, 5) is 14.2. The number of aryl methyl sites for hydroxylation is 1. The van der Waals surface area contributed by atoms with E-state index in [1.54, 1.807) is 29.0 Å². The highest BCUT2D eigenvalue weighted by Gasteiger charge is 2.36. The number of hydrogen-bond donors (Lipinski definition) is 1. The lowest BCUT2D eigenvalue weighted by molar-refractivity contribution is -0.141. The molecule has 1 aromatic carbocycles. The maximum atomic E-state index is 12.6. The number of aliphatic hydroxyl groups is 1. The summed E-state index contributed by atoms with van der Waals surface area (Å²) in [6.45, 7) is 0.315. The smallest absolute Gasteiger partial charge is 0.378 e. The highest BCUT2D eigenvalue weighted by Crippen LogP contribution is 2.33. The molecule has 8 heteroatoms. The van der Waals surface area contributed by atoms with E-state index in [-0.39, 0.29) is 11.6 Å². The number of amides is 1. The Balaban J connectivity index is 1.75. The molecule has 1 atom stereocenters. The molecule has 1 saturated carbocycles. The van der Waals surface area contributed by atoms with Gasteiger partial charge in [0.05, 0.1) is 11.8 Å². The Hall–Kier alpha value is -2.35. The van der Waals surface area contributed by atoms with Crippen LogP contribution in [-0.4, -0.2) is 31.7 Å². The summed E-state index contributed by atoms with van der Waals surface area (Å²) in [6, 6.07) is 4.07. The Morgan fingerprint density at radius 1 is 1.36 bits per heavy atom. The minimum atomic E-state index is -4.45. The fourth-order valence-corrected chi connectivity index (χ4v) is 2.68. The van der Waals surface area contributed by atoms with Crippen molar-refractivity contribution in [3.63, 3.8) is 0 Å². The zero-order valence-electron chi connectivity index (χ0n) is 13.6. The van der Waals surface area contributed by atoms with Gasteiger partial charge in [-0.05, 0) is 30.5 Å². The van der Waals surface area contributed by atoms with Crippen LogP contribution >= 0.6 is 0 Å². The molecule has 134 valence electrons. The van der Waals surface area contributed by atoms with Crippen LogP contribution in [0, 0.1) is 0 Å². The van der Waals surface area contributed by atoms with E-state index in [1.165, 1.54) is 0 Å². The van der Waals surface area contributed by atoms with Gasteiger partial charge in [-0.15, -0.1) is 0 Å². The first kappa shape index (κ1) is 17.5. The van der Waals surface area contributed by atoms with Crippen molar-refractivity contribution in [3.05, 3.63) is 53.3 Å². The third kappa shape index (κ3) is 4.01. The number of alkyl halides is 3. The molecule has 1 aromatic heterocycles. The summed E-state index contributed by atoms with van der Waals surface area (Å²) in [5.74, 6) is -0.508. The van der Waals surface area contributed by atoms with Crippen molar-refractivity contribution in [3.8, 4) is 0 Å². The lowest BCUT2D eigenvalue weighted by atomic mass is 10.1. The number of hydrogen-bond acceptors (Lipinski definition) is 3. The zero-order chi connectivity index (χ0) is 18.2. The van der Waals surface area contributed by atoms with Crippen LogP contribution in [0.4, 0.5) is 13.2 Å². The second-order valence-electron chi connectivity index (χ2n) is 6.24. The van der Waals surface area contributed by atoms with E-state index in [1.807, 2.05) is 0 Å². The van der Waals surface area contributed by atoms with Gasteiger partial charge >= 0.3 is 6.18 Å². The van der Waals surface area contributed by atoms with E-state index in [9.17, 15) is 23.1 Å². The average Bonchev–Trinajstić information content (AvgIpc) is 3.33. The number of aromatic nitrogens is 2. The van der Waals surface area contributed by atoms with Crippen molar-refractivity contribution in [1.82, 2.24) is 14.7 Å². The zero-order valence-corrected chi connectivity index (χ0v) is 13.6. The molecule has 0 bridgehead atoms. The maximum absolute atomic E-state index is 12.6. The van der Waals surface area contributed by atoms with Crippen LogP contribution < -0.4 is 0 Å². The van der Waals surface area contributed by atoms with Gasteiger partial charge in [-0.1, -0.05) is 12.1 Å². The van der Waals surface area contributed by atoms with Gasteiger partial charge < -0.3 is 10.0 Å². The molecular weight excluding hydrogens is 335 g/mol. The third-order valence-corrected chi connectivity index (χ3v) is 4.17. The van der Waals surface area contributed by atoms with Crippen LogP contribution in [0.3, 0.4) is 0 Å². The van der Waals surface area contributed by atoms with Crippen molar-refractivity contribution in [2.24, 2.45) is 7.05 Å². The molecule has 25 heavy (non-hydrogen) atoms. The molecule has 0 saturated heterocycles. The second-order valence-corrected chi connectivity index (χ2v) is 6.24. The summed E-state index contributed by atoms with van der Waals surface area (Å²) < 4.78 is 39.5. The van der Waals surface area contributed by atoms with Gasteiger partial charge in [0, 0.05) is 31.4 Å². The maximum Gasteiger partial charge on any atom is 0.416 e. The van der Waals surface area contributed by atoms with Gasteiger partial charge in [0.25, 0.3) is 5.91 Å². The molecule has 1 aliphatic carbocycles. The molecule has 2 aromatic rings. The lowest BCUT2D eigenvalue weighted by Crippen LogP contribution is -2.36. The van der Waals surface area contributed by atoms with E-state index in [0.717, 1.165) is 42.7 Å². The van der Waals surface area contributed by atoms with Crippen LogP contribution in [0.25, 0.3) is 0 Å². The Bertz CT molecular complexity index is 751. The quantitative estimate of drug-likeness (QED) is 0.899. The summed E-state index contributed by atoms with van der Waals surface area (Å²) in [5.41, 5.74) is 0.169. The molecule has 3 rings (SSSR count). The summed E-state index contributed by atoms with van der Waals surface area (Å²) in [5, 5.41) is 14.4. The minimum Gasteiger partial charge on any atom is -0.378 e. The average molecular weight is 353 g/mol. The highest BCUT2D eigenvalue weighted by atomic mass is 19.4. The lowest BCUT2D eigenvalue weighted by Gasteiger charge is -2.25. The molecule has 0 spiro atoms. The first-order valence-electron chi connectivity index (χ1n) is 7.89. The molecule has 1 fully saturated rings. The van der Waals surface area contributed by atoms with E-state index in [2.05, 4.69) is 5.10 Å². The van der Waals surface area contributed by atoms with Gasteiger partial charge in [-0.2, -0.15) is 18.3 Å². The number of halogens is 3. The third-order valence-electron chi connectivity index (χ3n) is 4.17. The number of nitrogens with zero attached hydrogens (tertiary/aromatic N) is 3. The van der Waals surface area contributed by atoms with Crippen LogP contribution in [0.15, 0.2) is 36.7 Å². The highest BCUT2D eigenvalue weighted by molar-refractivity contribution is 5.82. The SMILES string of the molecule is Cn1cc(CN(C(=O)C(O)c2ccc(C(F)(F)F)cc2)C2CC2)cn1. The van der Waals surface area contributed by atoms with Crippen molar-refractivity contribution >= 4 is 5.91 Å². The Labute approximate surface area is 142 Å². The van der Waals surface area contributed by atoms with E-state index in [0.29, 0.717) is 6.54 Å². The van der Waals surface area contributed by atoms with Gasteiger partial charge in [0.2, 0.25) is 0 Å². The van der Waals surface area contributed by atoms with Crippen molar-refractivity contribution in [2.75, 3.05) is 0 Å². The molecule has 5 nitrogen and oxygen atoms in total. The second kappa shape index (κ2) is 6.51. The van der Waals surface area contributed by atoms with Gasteiger partial charge in [-0.3, -0.25) is 9.48 Å². The van der Waals surface area contributed by atoms with Crippen LogP contribution in [0.2, 0.25) is 0 Å². The molecule has 1 aliphatic rings. The van der Waals surface area contributed by atoms with Crippen LogP contribution in [0.1, 0.15) is 35.6 Å². The van der Waals surface area contributed by atoms with Gasteiger partial charge in [-0.25, -0.2) is 0 Å². The molecule has 0 aliphatic heterocycles.